The molecular weight excluding hydrogens is 274 g/mol. The van der Waals surface area contributed by atoms with E-state index in [0.29, 0.717) is 4.91 Å². The van der Waals surface area contributed by atoms with E-state index in [0.717, 1.165) is 47.2 Å². The Morgan fingerprint density at radius 1 is 1.25 bits per heavy atom. The van der Waals surface area contributed by atoms with Gasteiger partial charge in [-0.15, -0.1) is 0 Å². The van der Waals surface area contributed by atoms with Crippen LogP contribution in [0.1, 0.15) is 23.1 Å². The minimum Gasteiger partial charge on any atom is -0.496 e. The molecular formula is C15H15NO3S. The topological polar surface area (TPSA) is 46.6 Å². The Morgan fingerprint density at radius 3 is 2.55 bits per heavy atom. The highest BCUT2D eigenvalue weighted by Gasteiger charge is 2.32. The minimum absolute atomic E-state index is 0.235. The summed E-state index contributed by atoms with van der Waals surface area (Å²) in [5.74, 6) is 0.510. The van der Waals surface area contributed by atoms with Crippen molar-refractivity contribution in [2.24, 2.45) is 0 Å². The fourth-order valence-electron chi connectivity index (χ4n) is 2.60. The second-order valence-electron chi connectivity index (χ2n) is 4.96. The van der Waals surface area contributed by atoms with E-state index in [1.54, 1.807) is 13.2 Å². The molecule has 1 aliphatic heterocycles. The van der Waals surface area contributed by atoms with Gasteiger partial charge in [0.2, 0.25) is 0 Å². The third-order valence-corrected chi connectivity index (χ3v) is 4.68. The van der Waals surface area contributed by atoms with Crippen LogP contribution in [0.3, 0.4) is 0 Å². The number of aryl methyl sites for hydroxylation is 2. The molecule has 0 saturated carbocycles. The lowest BCUT2D eigenvalue weighted by Gasteiger charge is -2.09. The number of hydrogen-bond donors (Lipinski definition) is 0. The molecule has 3 rings (SSSR count). The fraction of sp³-hybridized carbons (Fsp3) is 0.333. The van der Waals surface area contributed by atoms with Gasteiger partial charge in [-0.1, -0.05) is 0 Å². The number of amides is 2. The molecule has 0 spiro atoms. The number of hydrogen-bond acceptors (Lipinski definition) is 4. The molecule has 104 valence electrons. The van der Waals surface area contributed by atoms with Crippen LogP contribution in [0.4, 0.5) is 4.79 Å². The molecule has 0 aromatic heterocycles. The fourth-order valence-corrected chi connectivity index (χ4v) is 3.42. The number of methoxy groups -OCH3 is 1. The lowest BCUT2D eigenvalue weighted by Crippen LogP contribution is -2.22. The van der Waals surface area contributed by atoms with Crippen molar-refractivity contribution in [1.29, 1.82) is 0 Å². The zero-order chi connectivity index (χ0) is 14.3. The number of benzene rings is 1. The number of imide groups is 1. The molecule has 1 saturated heterocycles. The van der Waals surface area contributed by atoms with Crippen LogP contribution < -0.4 is 4.74 Å². The summed E-state index contributed by atoms with van der Waals surface area (Å²) in [6.45, 7) is 0. The molecule has 0 N–H and O–H groups in total. The number of ether oxygens (including phenoxy) is 1. The van der Waals surface area contributed by atoms with Crippen LogP contribution >= 0.6 is 11.8 Å². The molecule has 20 heavy (non-hydrogen) atoms. The molecule has 2 amide bonds. The van der Waals surface area contributed by atoms with Crippen molar-refractivity contribution in [3.05, 3.63) is 33.7 Å². The van der Waals surface area contributed by atoms with Crippen molar-refractivity contribution in [3.8, 4) is 5.75 Å². The molecule has 1 heterocycles. The van der Waals surface area contributed by atoms with Gasteiger partial charge in [-0.2, -0.15) is 0 Å². The average Bonchev–Trinajstić information content (AvgIpc) is 2.98. The molecule has 2 aliphatic rings. The van der Waals surface area contributed by atoms with Gasteiger partial charge >= 0.3 is 0 Å². The van der Waals surface area contributed by atoms with E-state index in [-0.39, 0.29) is 11.1 Å². The maximum Gasteiger partial charge on any atom is 0.293 e. The Labute approximate surface area is 121 Å². The third kappa shape index (κ3) is 2.12. The first-order chi connectivity index (χ1) is 9.60. The third-order valence-electron chi connectivity index (χ3n) is 3.72. The van der Waals surface area contributed by atoms with Crippen molar-refractivity contribution < 1.29 is 14.3 Å². The summed E-state index contributed by atoms with van der Waals surface area (Å²) in [6.07, 6.45) is 5.06. The van der Waals surface area contributed by atoms with E-state index in [1.165, 1.54) is 18.2 Å². The monoisotopic (exact) mass is 289 g/mol. The second kappa shape index (κ2) is 4.98. The van der Waals surface area contributed by atoms with Crippen molar-refractivity contribution >= 4 is 29.0 Å². The zero-order valence-corrected chi connectivity index (χ0v) is 12.3. The Morgan fingerprint density at radius 2 is 1.95 bits per heavy atom. The smallest absolute Gasteiger partial charge is 0.293 e. The van der Waals surface area contributed by atoms with Crippen molar-refractivity contribution in [3.63, 3.8) is 0 Å². The summed E-state index contributed by atoms with van der Waals surface area (Å²) in [6, 6.07) is 4.12. The molecule has 0 bridgehead atoms. The summed E-state index contributed by atoms with van der Waals surface area (Å²) in [7, 11) is 3.12. The van der Waals surface area contributed by atoms with Gasteiger partial charge in [0.1, 0.15) is 5.75 Å². The summed E-state index contributed by atoms with van der Waals surface area (Å²) in [4.78, 5) is 25.0. The highest BCUT2D eigenvalue weighted by atomic mass is 32.2. The predicted molar refractivity (Wildman–Crippen MR) is 78.8 cm³/mol. The first-order valence-corrected chi connectivity index (χ1v) is 7.33. The molecule has 0 atom stereocenters. The quantitative estimate of drug-likeness (QED) is 0.785. The number of fused-ring (bicyclic) bond motifs is 1. The molecule has 0 radical (unpaired) electrons. The highest BCUT2D eigenvalue weighted by Crippen LogP contribution is 2.35. The molecule has 1 aromatic rings. The summed E-state index contributed by atoms with van der Waals surface area (Å²) >= 11 is 0.972. The first-order valence-electron chi connectivity index (χ1n) is 6.51. The van der Waals surface area contributed by atoms with Gasteiger partial charge in [-0.05, 0) is 60.4 Å². The van der Waals surface area contributed by atoms with E-state index in [9.17, 15) is 9.59 Å². The van der Waals surface area contributed by atoms with Gasteiger partial charge in [0.05, 0.1) is 12.0 Å². The Kier molecular flexibility index (Phi) is 3.30. The maximum absolute atomic E-state index is 11.9. The van der Waals surface area contributed by atoms with Crippen molar-refractivity contribution in [2.75, 3.05) is 14.2 Å². The van der Waals surface area contributed by atoms with Gasteiger partial charge < -0.3 is 4.74 Å². The van der Waals surface area contributed by atoms with Crippen LogP contribution in [0, 0.1) is 0 Å². The summed E-state index contributed by atoms with van der Waals surface area (Å²) in [5, 5.41) is -0.235. The van der Waals surface area contributed by atoms with E-state index < -0.39 is 0 Å². The van der Waals surface area contributed by atoms with E-state index >= 15 is 0 Å². The van der Waals surface area contributed by atoms with Gasteiger partial charge in [-0.3, -0.25) is 14.5 Å². The lowest BCUT2D eigenvalue weighted by atomic mass is 10.0. The second-order valence-corrected chi connectivity index (χ2v) is 5.95. The molecule has 1 aromatic carbocycles. The van der Waals surface area contributed by atoms with E-state index in [1.807, 2.05) is 6.07 Å². The summed E-state index contributed by atoms with van der Waals surface area (Å²) < 4.78 is 5.41. The van der Waals surface area contributed by atoms with Crippen LogP contribution in [-0.4, -0.2) is 30.2 Å². The molecule has 0 unspecified atom stereocenters. The van der Waals surface area contributed by atoms with E-state index in [2.05, 4.69) is 6.07 Å². The molecule has 1 fully saturated rings. The van der Waals surface area contributed by atoms with Gasteiger partial charge in [0, 0.05) is 12.6 Å². The number of rotatable bonds is 2. The molecule has 5 heteroatoms. The predicted octanol–water partition coefficient (Wildman–Crippen LogP) is 2.85. The van der Waals surface area contributed by atoms with Crippen LogP contribution in [0.2, 0.25) is 0 Å². The number of carbonyl (C=O) groups is 2. The number of nitrogens with zero attached hydrogens (tertiary/aromatic N) is 1. The SMILES string of the molecule is COc1cc2c(cc1C=C1SC(=O)N(C)C1=O)CCC2. The standard InChI is InChI=1S/C15H15NO3S/c1-16-14(17)13(20-15(16)18)8-11-6-9-4-3-5-10(9)7-12(11)19-2/h6-8H,3-5H2,1-2H3. The van der Waals surface area contributed by atoms with Crippen LogP contribution in [0.15, 0.2) is 17.0 Å². The Hall–Kier alpha value is -1.75. The zero-order valence-electron chi connectivity index (χ0n) is 11.4. The van der Waals surface area contributed by atoms with Crippen LogP contribution in [-0.2, 0) is 17.6 Å². The van der Waals surface area contributed by atoms with E-state index in [4.69, 9.17) is 4.74 Å². The van der Waals surface area contributed by atoms with Crippen LogP contribution in [0.5, 0.6) is 5.75 Å². The summed E-state index contributed by atoms with van der Waals surface area (Å²) in [5.41, 5.74) is 3.50. The maximum atomic E-state index is 11.9. The first kappa shape index (κ1) is 13.2. The largest absolute Gasteiger partial charge is 0.496 e. The normalized spacial score (nSPS) is 19.9. The highest BCUT2D eigenvalue weighted by molar-refractivity contribution is 8.18. The number of thioether (sulfide) groups is 1. The average molecular weight is 289 g/mol. The van der Waals surface area contributed by atoms with Crippen molar-refractivity contribution in [2.45, 2.75) is 19.3 Å². The van der Waals surface area contributed by atoms with Gasteiger partial charge in [0.25, 0.3) is 11.1 Å². The van der Waals surface area contributed by atoms with Crippen LogP contribution in [0.25, 0.3) is 6.08 Å². The molecule has 4 nitrogen and oxygen atoms in total. The number of likely N-dealkylation sites (N-methyl/N-ethyl adjacent to an activating group) is 1. The lowest BCUT2D eigenvalue weighted by molar-refractivity contribution is -0.121. The Bertz CT molecular complexity index is 636. The van der Waals surface area contributed by atoms with Crippen molar-refractivity contribution in [1.82, 2.24) is 4.90 Å². The van der Waals surface area contributed by atoms with Gasteiger partial charge in [0.15, 0.2) is 0 Å². The Balaban J connectivity index is 2.03. The minimum atomic E-state index is -0.248. The molecule has 1 aliphatic carbocycles. The number of carbonyl (C=O) groups excluding carboxylic acids is 2. The van der Waals surface area contributed by atoms with Gasteiger partial charge in [-0.25, -0.2) is 0 Å².